The molecule has 12 heteroatoms. The van der Waals surface area contributed by atoms with Crippen molar-refractivity contribution >= 4 is 45.4 Å². The maximum atomic E-state index is 15.1. The van der Waals surface area contributed by atoms with E-state index in [1.54, 1.807) is 13.0 Å². The molecular weight excluding hydrogens is 476 g/mol. The van der Waals surface area contributed by atoms with Gasteiger partial charge >= 0.3 is 0 Å². The molecule has 35 heavy (non-hydrogen) atoms. The summed E-state index contributed by atoms with van der Waals surface area (Å²) in [5, 5.41) is 3.07. The second-order valence-electron chi connectivity index (χ2n) is 8.41. The van der Waals surface area contributed by atoms with E-state index in [1.807, 2.05) is 0 Å². The van der Waals surface area contributed by atoms with E-state index in [0.717, 1.165) is 17.8 Å². The van der Waals surface area contributed by atoms with Crippen LogP contribution in [0.5, 0.6) is 5.75 Å². The summed E-state index contributed by atoms with van der Waals surface area (Å²) in [6, 6.07) is 4.06. The number of aliphatic imine (C=N–C) groups is 1. The molecule has 3 atom stereocenters. The Balaban J connectivity index is 1.54. The Kier molecular flexibility index (Phi) is 5.25. The van der Waals surface area contributed by atoms with Gasteiger partial charge < -0.3 is 21.5 Å². The number of anilines is 2. The number of hydrogen-bond donors (Lipinski definition) is 3. The Morgan fingerprint density at radius 1 is 1.34 bits per heavy atom. The van der Waals surface area contributed by atoms with E-state index in [4.69, 9.17) is 22.6 Å². The Labute approximate surface area is 202 Å². The minimum absolute atomic E-state index is 0.0485. The monoisotopic (exact) mass is 495 g/mol. The molecule has 1 saturated carbocycles. The number of ether oxygens (including phenoxy) is 1. The minimum Gasteiger partial charge on any atom is -0.479 e. The van der Waals surface area contributed by atoms with Crippen LogP contribution in [0.15, 0.2) is 35.7 Å². The van der Waals surface area contributed by atoms with E-state index in [-0.39, 0.29) is 28.8 Å². The topological polar surface area (TPSA) is 141 Å². The first kappa shape index (κ1) is 22.8. The van der Waals surface area contributed by atoms with Gasteiger partial charge in [0.25, 0.3) is 0 Å². The number of rotatable bonds is 6. The Bertz CT molecular complexity index is 1460. The molecule has 1 aliphatic heterocycles. The molecule has 2 aromatic heterocycles. The highest BCUT2D eigenvalue weighted by Gasteiger charge is 2.70. The number of fused-ring (bicyclic) bond motifs is 2. The molecule has 1 amide bonds. The molecule has 3 heterocycles. The Hall–Kier alpha value is -3.98. The zero-order valence-corrected chi connectivity index (χ0v) is 19.2. The van der Waals surface area contributed by atoms with Crippen molar-refractivity contribution in [2.24, 2.45) is 22.4 Å². The predicted molar refractivity (Wildman–Crippen MR) is 128 cm³/mol. The van der Waals surface area contributed by atoms with E-state index >= 15 is 4.39 Å². The van der Waals surface area contributed by atoms with Gasteiger partial charge in [-0.2, -0.15) is 0 Å². The normalized spacial score (nSPS) is 24.7. The number of hydrogen-bond acceptors (Lipinski definition) is 9. The molecule has 0 radical (unpaired) electrons. The lowest BCUT2D eigenvalue weighted by atomic mass is 9.85. The molecule has 1 aromatic carbocycles. The summed E-state index contributed by atoms with van der Waals surface area (Å²) in [5.41, 5.74) is 11.3. The van der Waals surface area contributed by atoms with Crippen LogP contribution >= 0.6 is 11.8 Å². The maximum absolute atomic E-state index is 15.1. The molecule has 0 saturated heterocycles. The van der Waals surface area contributed by atoms with Crippen molar-refractivity contribution in [3.63, 3.8) is 0 Å². The number of nitrogens with one attached hydrogen (secondary N) is 1. The largest absolute Gasteiger partial charge is 0.479 e. The van der Waals surface area contributed by atoms with Crippen LogP contribution in [-0.2, 0) is 10.3 Å². The zero-order valence-electron chi connectivity index (χ0n) is 18.4. The van der Waals surface area contributed by atoms with E-state index in [1.165, 1.54) is 18.6 Å². The fourth-order valence-electron chi connectivity index (χ4n) is 4.48. The van der Waals surface area contributed by atoms with Gasteiger partial charge in [-0.3, -0.25) is 9.79 Å². The molecule has 0 spiro atoms. The van der Waals surface area contributed by atoms with Crippen molar-refractivity contribution in [3.05, 3.63) is 47.9 Å². The lowest BCUT2D eigenvalue weighted by Gasteiger charge is -2.33. The summed E-state index contributed by atoms with van der Waals surface area (Å²) in [5.74, 6) is -0.109. The van der Waals surface area contributed by atoms with Crippen LogP contribution in [0.3, 0.4) is 0 Å². The van der Waals surface area contributed by atoms with Gasteiger partial charge in [-0.25, -0.2) is 23.7 Å². The average molecular weight is 496 g/mol. The van der Waals surface area contributed by atoms with Crippen LogP contribution < -0.4 is 21.5 Å². The van der Waals surface area contributed by atoms with Gasteiger partial charge in [0, 0.05) is 29.3 Å². The van der Waals surface area contributed by atoms with Crippen LogP contribution in [0.2, 0.25) is 0 Å². The lowest BCUT2D eigenvalue weighted by Crippen LogP contribution is -2.42. The van der Waals surface area contributed by atoms with Crippen molar-refractivity contribution in [1.82, 2.24) is 15.0 Å². The molecule has 2 aliphatic rings. The van der Waals surface area contributed by atoms with Gasteiger partial charge in [0.05, 0.1) is 17.3 Å². The van der Waals surface area contributed by atoms with Gasteiger partial charge in [-0.05, 0) is 19.4 Å². The summed E-state index contributed by atoms with van der Waals surface area (Å²) in [6.07, 6.45) is 8.33. The number of carbonyl (C=O) groups excluding carboxylic acids is 1. The Morgan fingerprint density at radius 3 is 2.89 bits per heavy atom. The molecule has 5 rings (SSSR count). The number of primary amides is 1. The molecule has 9 nitrogen and oxygen atoms in total. The number of amides is 1. The molecule has 0 unspecified atom stereocenters. The summed E-state index contributed by atoms with van der Waals surface area (Å²) in [4.78, 5) is 29.2. The summed E-state index contributed by atoms with van der Waals surface area (Å²) >= 11 is 1.07. The van der Waals surface area contributed by atoms with Crippen molar-refractivity contribution in [1.29, 1.82) is 0 Å². The third-order valence-corrected chi connectivity index (χ3v) is 7.56. The predicted octanol–water partition coefficient (Wildman–Crippen LogP) is 2.58. The fraction of sp³-hybridized carbons (Fsp3) is 0.261. The molecule has 3 aromatic rings. The zero-order chi connectivity index (χ0) is 25.0. The molecule has 1 aliphatic carbocycles. The highest BCUT2D eigenvalue weighted by atomic mass is 32.2. The number of terminal acetylenes is 1. The average Bonchev–Trinajstić information content (AvgIpc) is 3.57. The van der Waals surface area contributed by atoms with Crippen molar-refractivity contribution in [3.8, 4) is 18.1 Å². The van der Waals surface area contributed by atoms with E-state index in [9.17, 15) is 9.18 Å². The molecular formula is C23H19F2N7O2S. The van der Waals surface area contributed by atoms with Gasteiger partial charge in [0.2, 0.25) is 5.91 Å². The number of halogens is 2. The second-order valence-corrected chi connectivity index (χ2v) is 9.76. The summed E-state index contributed by atoms with van der Waals surface area (Å²) in [7, 11) is 0. The molecule has 5 N–H and O–H groups in total. The third-order valence-electron chi connectivity index (χ3n) is 6.24. The Morgan fingerprint density at radius 2 is 2.14 bits per heavy atom. The quantitative estimate of drug-likeness (QED) is 0.443. The number of pyridine rings is 1. The number of nitrogens with two attached hydrogens (primary N) is 2. The fourth-order valence-corrected chi connectivity index (χ4v) is 5.81. The molecule has 0 bridgehead atoms. The van der Waals surface area contributed by atoms with E-state index < -0.39 is 33.7 Å². The van der Waals surface area contributed by atoms with E-state index in [0.29, 0.717) is 23.2 Å². The first-order valence-corrected chi connectivity index (χ1v) is 11.3. The summed E-state index contributed by atoms with van der Waals surface area (Å²) < 4.78 is 34.2. The standard InChI is InChI=1S/C23H19F2N7O2S/c1-3-4-34-12-7-15-18(28-9-12)19(30-10-29-15)31-11-5-13(17(25)14(24)6-11)22(2)16-8-23(16,20(26)33)35-21(27)32-22/h1,5-7,9-10,16H,4,8H2,2H3,(H2,26,33)(H2,27,32)(H,29,30,31)/t16-,22+,23-/m0/s1. The van der Waals surface area contributed by atoms with Gasteiger partial charge in [-0.15, -0.1) is 6.42 Å². The molecule has 178 valence electrons. The third kappa shape index (κ3) is 3.68. The van der Waals surface area contributed by atoms with Crippen LogP contribution in [0.25, 0.3) is 11.0 Å². The van der Waals surface area contributed by atoms with Crippen molar-refractivity contribution < 1.29 is 18.3 Å². The second kappa shape index (κ2) is 8.06. The van der Waals surface area contributed by atoms with Crippen LogP contribution in [0.1, 0.15) is 18.9 Å². The SMILES string of the molecule is C#CCOc1cnc2c(Nc3cc(F)c(F)c([C@@]4(C)N=C(N)S[C@@]5(C(N)=O)C[C@H]54)c3)ncnc2c1. The number of benzene rings is 1. The van der Waals surface area contributed by atoms with Gasteiger partial charge in [-0.1, -0.05) is 17.7 Å². The van der Waals surface area contributed by atoms with Gasteiger partial charge in [0.15, 0.2) is 22.6 Å². The van der Waals surface area contributed by atoms with Gasteiger partial charge in [0.1, 0.15) is 28.9 Å². The number of amidine groups is 1. The lowest BCUT2D eigenvalue weighted by molar-refractivity contribution is -0.118. The van der Waals surface area contributed by atoms with Crippen LogP contribution in [0.4, 0.5) is 20.3 Å². The number of thioether (sulfide) groups is 1. The molecule has 1 fully saturated rings. The van der Waals surface area contributed by atoms with Crippen LogP contribution in [-0.4, -0.2) is 37.4 Å². The smallest absolute Gasteiger partial charge is 0.234 e. The number of nitrogens with zero attached hydrogens (tertiary/aromatic N) is 4. The highest BCUT2D eigenvalue weighted by Crippen LogP contribution is 2.65. The highest BCUT2D eigenvalue weighted by molar-refractivity contribution is 8.15. The number of carbonyl (C=O) groups is 1. The van der Waals surface area contributed by atoms with Crippen LogP contribution in [0, 0.1) is 29.9 Å². The first-order chi connectivity index (χ1) is 16.7. The van der Waals surface area contributed by atoms with E-state index in [2.05, 4.69) is 31.2 Å². The first-order valence-electron chi connectivity index (χ1n) is 10.5. The minimum atomic E-state index is -1.29. The maximum Gasteiger partial charge on any atom is 0.234 e. The van der Waals surface area contributed by atoms with Crippen molar-refractivity contribution in [2.75, 3.05) is 11.9 Å². The van der Waals surface area contributed by atoms with Crippen molar-refractivity contribution in [2.45, 2.75) is 23.6 Å². The number of aromatic nitrogens is 3. The summed E-state index contributed by atoms with van der Waals surface area (Å²) in [6.45, 7) is 1.69.